The van der Waals surface area contributed by atoms with E-state index in [0.717, 1.165) is 13.0 Å². The van der Waals surface area contributed by atoms with Crippen molar-refractivity contribution in [3.8, 4) is 0 Å². The van der Waals surface area contributed by atoms with E-state index in [1.165, 1.54) is 0 Å². The summed E-state index contributed by atoms with van der Waals surface area (Å²) >= 11 is 0. The van der Waals surface area contributed by atoms with Gasteiger partial charge in [-0.25, -0.2) is 0 Å². The van der Waals surface area contributed by atoms with Crippen molar-refractivity contribution in [2.24, 2.45) is 11.8 Å². The minimum absolute atomic E-state index is 0.239. The quantitative estimate of drug-likeness (QED) is 0.542. The molecule has 2 atom stereocenters. The summed E-state index contributed by atoms with van der Waals surface area (Å²) in [5.41, 5.74) is 0. The molecule has 2 N–H and O–H groups in total. The second-order valence-corrected chi connectivity index (χ2v) is 3.16. The Morgan fingerprint density at radius 2 is 2.22 bits per heavy atom. The molecule has 1 heterocycles. The maximum atomic E-state index is 9.04. The van der Waals surface area contributed by atoms with E-state index >= 15 is 0 Å². The topological polar surface area (TPSA) is 32.3 Å². The zero-order chi connectivity index (χ0) is 6.85. The summed E-state index contributed by atoms with van der Waals surface area (Å²) in [6.45, 7) is 5.38. The molecule has 2 heteroatoms. The molecule has 1 fully saturated rings. The Hall–Kier alpha value is -0.0800. The number of rotatable bonds is 1. The van der Waals surface area contributed by atoms with Crippen LogP contribution in [0.5, 0.6) is 0 Å². The summed E-state index contributed by atoms with van der Waals surface area (Å²) in [5.74, 6) is 1.38. The molecule has 2 nitrogen and oxygen atoms in total. The summed E-state index contributed by atoms with van der Waals surface area (Å²) < 4.78 is 0. The molecule has 1 saturated heterocycles. The van der Waals surface area contributed by atoms with Gasteiger partial charge in [-0.05, 0) is 18.3 Å². The van der Waals surface area contributed by atoms with Crippen LogP contribution in [0.2, 0.25) is 0 Å². The van der Waals surface area contributed by atoms with Gasteiger partial charge in [0.05, 0.1) is 0 Å². The van der Waals surface area contributed by atoms with Gasteiger partial charge < -0.3 is 5.11 Å². The first-order chi connectivity index (χ1) is 4.20. The Balaban J connectivity index is 2.30. The first kappa shape index (κ1) is 7.03. The molecule has 0 aromatic carbocycles. The molecule has 54 valence electrons. The zero-order valence-electron chi connectivity index (χ0n) is 6.09. The van der Waals surface area contributed by atoms with E-state index < -0.39 is 0 Å². The van der Waals surface area contributed by atoms with E-state index in [1.54, 1.807) is 0 Å². The van der Waals surface area contributed by atoms with Crippen molar-refractivity contribution >= 4 is 0 Å². The van der Waals surface area contributed by atoms with Crippen LogP contribution in [0.3, 0.4) is 0 Å². The molecule has 1 aliphatic heterocycles. The van der Waals surface area contributed by atoms with Crippen LogP contribution < -0.4 is 5.32 Å². The molecular weight excluding hydrogens is 114 g/mol. The van der Waals surface area contributed by atoms with E-state index in [1.807, 2.05) is 0 Å². The first-order valence-corrected chi connectivity index (χ1v) is 3.61. The highest BCUT2D eigenvalue weighted by Crippen LogP contribution is 2.20. The van der Waals surface area contributed by atoms with Crippen molar-refractivity contribution in [1.82, 2.24) is 5.32 Å². The minimum atomic E-state index is -0.239. The molecule has 9 heavy (non-hydrogen) atoms. The highest BCUT2D eigenvalue weighted by atomic mass is 16.3. The van der Waals surface area contributed by atoms with Crippen LogP contribution in [-0.2, 0) is 0 Å². The molecule has 2 unspecified atom stereocenters. The van der Waals surface area contributed by atoms with Crippen LogP contribution in [-0.4, -0.2) is 17.9 Å². The number of hydrogen-bond acceptors (Lipinski definition) is 2. The maximum absolute atomic E-state index is 9.04. The van der Waals surface area contributed by atoms with Crippen molar-refractivity contribution in [3.63, 3.8) is 0 Å². The third kappa shape index (κ3) is 1.66. The standard InChI is InChI=1S/C7H15NO/c1-5(2)6-3-7(9)8-4-6/h5-9H,3-4H2,1-2H3. The average molecular weight is 129 g/mol. The Labute approximate surface area is 56.3 Å². The molecule has 1 rings (SSSR count). The molecule has 0 bridgehead atoms. The van der Waals surface area contributed by atoms with Gasteiger partial charge in [0.15, 0.2) is 0 Å². The van der Waals surface area contributed by atoms with Gasteiger partial charge in [0.25, 0.3) is 0 Å². The molecule has 0 radical (unpaired) electrons. The molecule has 0 amide bonds. The molecule has 0 aromatic heterocycles. The second kappa shape index (κ2) is 2.67. The fourth-order valence-corrected chi connectivity index (χ4v) is 1.25. The van der Waals surface area contributed by atoms with Gasteiger partial charge in [0.2, 0.25) is 0 Å². The van der Waals surface area contributed by atoms with Gasteiger partial charge in [0.1, 0.15) is 6.23 Å². The number of aliphatic hydroxyl groups is 1. The lowest BCUT2D eigenvalue weighted by molar-refractivity contribution is 0.153. The summed E-state index contributed by atoms with van der Waals surface area (Å²) in [6, 6.07) is 0. The molecule has 1 aliphatic rings. The summed E-state index contributed by atoms with van der Waals surface area (Å²) in [6.07, 6.45) is 0.690. The zero-order valence-corrected chi connectivity index (χ0v) is 6.09. The van der Waals surface area contributed by atoms with Crippen molar-refractivity contribution < 1.29 is 5.11 Å². The van der Waals surface area contributed by atoms with E-state index in [0.29, 0.717) is 11.8 Å². The Morgan fingerprint density at radius 1 is 1.56 bits per heavy atom. The van der Waals surface area contributed by atoms with Crippen LogP contribution >= 0.6 is 0 Å². The fourth-order valence-electron chi connectivity index (χ4n) is 1.25. The second-order valence-electron chi connectivity index (χ2n) is 3.16. The van der Waals surface area contributed by atoms with E-state index in [4.69, 9.17) is 5.11 Å². The van der Waals surface area contributed by atoms with Crippen molar-refractivity contribution in [3.05, 3.63) is 0 Å². The summed E-state index contributed by atoms with van der Waals surface area (Å²) in [4.78, 5) is 0. The molecule has 0 spiro atoms. The molecule has 0 aliphatic carbocycles. The molecule has 0 saturated carbocycles. The average Bonchev–Trinajstić information content (AvgIpc) is 2.14. The number of hydrogen-bond donors (Lipinski definition) is 2. The summed E-state index contributed by atoms with van der Waals surface area (Å²) in [7, 11) is 0. The van der Waals surface area contributed by atoms with Crippen LogP contribution in [0.4, 0.5) is 0 Å². The van der Waals surface area contributed by atoms with Gasteiger partial charge in [-0.15, -0.1) is 0 Å². The van der Waals surface area contributed by atoms with Crippen molar-refractivity contribution in [2.45, 2.75) is 26.5 Å². The van der Waals surface area contributed by atoms with Crippen molar-refractivity contribution in [2.75, 3.05) is 6.54 Å². The van der Waals surface area contributed by atoms with Gasteiger partial charge >= 0.3 is 0 Å². The van der Waals surface area contributed by atoms with E-state index in [9.17, 15) is 0 Å². The van der Waals surface area contributed by atoms with Gasteiger partial charge in [0, 0.05) is 6.54 Å². The van der Waals surface area contributed by atoms with Crippen LogP contribution in [0, 0.1) is 11.8 Å². The first-order valence-electron chi connectivity index (χ1n) is 3.61. The third-order valence-electron chi connectivity index (χ3n) is 2.08. The Kier molecular flexibility index (Phi) is 2.09. The third-order valence-corrected chi connectivity index (χ3v) is 2.08. The SMILES string of the molecule is CC(C)C1CNC(O)C1. The van der Waals surface area contributed by atoms with Gasteiger partial charge in [-0.1, -0.05) is 13.8 Å². The normalized spacial score (nSPS) is 36.0. The summed E-state index contributed by atoms with van der Waals surface area (Å²) in [5, 5.41) is 12.0. The van der Waals surface area contributed by atoms with E-state index in [-0.39, 0.29) is 6.23 Å². The lowest BCUT2D eigenvalue weighted by Gasteiger charge is -2.10. The maximum Gasteiger partial charge on any atom is 0.105 e. The Bertz CT molecular complexity index is 92.9. The van der Waals surface area contributed by atoms with E-state index in [2.05, 4.69) is 19.2 Å². The van der Waals surface area contributed by atoms with Crippen LogP contribution in [0.15, 0.2) is 0 Å². The molecular formula is C7H15NO. The fraction of sp³-hybridized carbons (Fsp3) is 1.00. The number of nitrogens with one attached hydrogen (secondary N) is 1. The molecule has 0 aromatic rings. The lowest BCUT2D eigenvalue weighted by Crippen LogP contribution is -2.20. The smallest absolute Gasteiger partial charge is 0.105 e. The van der Waals surface area contributed by atoms with Gasteiger partial charge in [-0.2, -0.15) is 0 Å². The predicted octanol–water partition coefficient (Wildman–Crippen LogP) is 0.570. The van der Waals surface area contributed by atoms with Crippen LogP contribution in [0.1, 0.15) is 20.3 Å². The largest absolute Gasteiger partial charge is 0.379 e. The van der Waals surface area contributed by atoms with Crippen molar-refractivity contribution in [1.29, 1.82) is 0 Å². The number of aliphatic hydroxyl groups excluding tert-OH is 1. The highest BCUT2D eigenvalue weighted by molar-refractivity contribution is 4.76. The minimum Gasteiger partial charge on any atom is -0.379 e. The van der Waals surface area contributed by atoms with Crippen LogP contribution in [0.25, 0.3) is 0 Å². The Morgan fingerprint density at radius 3 is 2.44 bits per heavy atom. The van der Waals surface area contributed by atoms with Gasteiger partial charge in [-0.3, -0.25) is 5.32 Å². The lowest BCUT2D eigenvalue weighted by atomic mass is 9.95. The monoisotopic (exact) mass is 129 g/mol. The predicted molar refractivity (Wildman–Crippen MR) is 37.0 cm³/mol. The highest BCUT2D eigenvalue weighted by Gasteiger charge is 2.23.